The van der Waals surface area contributed by atoms with Gasteiger partial charge in [-0.05, 0) is 49.8 Å². The number of nitriles is 1. The summed E-state index contributed by atoms with van der Waals surface area (Å²) < 4.78 is 10.3. The van der Waals surface area contributed by atoms with Crippen molar-refractivity contribution in [1.82, 2.24) is 0 Å². The number of carbonyl (C=O) groups is 3. The third-order valence-electron chi connectivity index (χ3n) is 4.69. The molecule has 1 aliphatic rings. The van der Waals surface area contributed by atoms with Crippen molar-refractivity contribution in [2.75, 3.05) is 23.4 Å². The zero-order valence-corrected chi connectivity index (χ0v) is 17.1. The average molecular weight is 419 g/mol. The van der Waals surface area contributed by atoms with Gasteiger partial charge in [-0.15, -0.1) is 0 Å². The van der Waals surface area contributed by atoms with Crippen molar-refractivity contribution in [3.63, 3.8) is 0 Å². The summed E-state index contributed by atoms with van der Waals surface area (Å²) in [6.07, 6.45) is 2.74. The van der Waals surface area contributed by atoms with Crippen molar-refractivity contribution >= 4 is 35.2 Å². The molecule has 2 aromatic carbocycles. The van der Waals surface area contributed by atoms with Crippen molar-refractivity contribution in [2.24, 2.45) is 0 Å². The molecular weight excluding hydrogens is 398 g/mol. The summed E-state index contributed by atoms with van der Waals surface area (Å²) in [7, 11) is 0. The van der Waals surface area contributed by atoms with Crippen LogP contribution < -0.4 is 15.0 Å². The maximum atomic E-state index is 12.8. The molecule has 1 heterocycles. The van der Waals surface area contributed by atoms with Crippen molar-refractivity contribution in [2.45, 2.75) is 19.4 Å². The second-order valence-electron chi connectivity index (χ2n) is 7.22. The lowest BCUT2D eigenvalue weighted by molar-refractivity contribution is -0.143. The Balaban J connectivity index is 1.62. The lowest BCUT2D eigenvalue weighted by atomic mass is 9.96. The highest BCUT2D eigenvalue weighted by molar-refractivity contribution is 6.14. The van der Waals surface area contributed by atoms with E-state index in [1.54, 1.807) is 62.4 Å². The Morgan fingerprint density at radius 2 is 1.87 bits per heavy atom. The van der Waals surface area contributed by atoms with E-state index in [0.717, 1.165) is 5.56 Å². The normalized spacial score (nSPS) is 14.4. The number of rotatable bonds is 6. The Morgan fingerprint density at radius 1 is 1.16 bits per heavy atom. The number of hydrogen-bond acceptors (Lipinski definition) is 6. The molecule has 0 unspecified atom stereocenters. The number of ether oxygens (including phenoxy) is 2. The Hall–Kier alpha value is -4.12. The molecule has 8 heteroatoms. The van der Waals surface area contributed by atoms with Gasteiger partial charge in [0, 0.05) is 6.08 Å². The first-order chi connectivity index (χ1) is 14.8. The number of amides is 2. The average Bonchev–Trinajstić information content (AvgIpc) is 2.76. The van der Waals surface area contributed by atoms with Gasteiger partial charge in [-0.25, -0.2) is 4.79 Å². The van der Waals surface area contributed by atoms with E-state index >= 15 is 0 Å². The van der Waals surface area contributed by atoms with Crippen LogP contribution in [0.25, 0.3) is 6.08 Å². The molecule has 0 radical (unpaired) electrons. The van der Waals surface area contributed by atoms with Gasteiger partial charge in [0.15, 0.2) is 13.2 Å². The number of esters is 1. The van der Waals surface area contributed by atoms with Gasteiger partial charge in [0.2, 0.25) is 5.91 Å². The summed E-state index contributed by atoms with van der Waals surface area (Å²) in [6, 6.07) is 15.6. The fourth-order valence-corrected chi connectivity index (χ4v) is 3.10. The van der Waals surface area contributed by atoms with Gasteiger partial charge in [0.25, 0.3) is 5.91 Å². The fourth-order valence-electron chi connectivity index (χ4n) is 3.10. The zero-order chi connectivity index (χ0) is 22.4. The second-order valence-corrected chi connectivity index (χ2v) is 7.22. The van der Waals surface area contributed by atoms with E-state index in [-0.39, 0.29) is 12.5 Å². The quantitative estimate of drug-likeness (QED) is 0.570. The third kappa shape index (κ3) is 4.90. The molecule has 3 rings (SSSR count). The predicted octanol–water partition coefficient (Wildman–Crippen LogP) is 2.91. The summed E-state index contributed by atoms with van der Waals surface area (Å²) >= 11 is 0. The van der Waals surface area contributed by atoms with Crippen LogP contribution in [0.4, 0.5) is 11.4 Å². The number of hydrogen-bond donors (Lipinski definition) is 1. The summed E-state index contributed by atoms with van der Waals surface area (Å²) in [4.78, 5) is 38.7. The van der Waals surface area contributed by atoms with Gasteiger partial charge in [0.05, 0.1) is 11.4 Å². The number of nitrogens with one attached hydrogen (secondary N) is 1. The third-order valence-corrected chi connectivity index (χ3v) is 4.69. The van der Waals surface area contributed by atoms with Crippen LogP contribution in [0.5, 0.6) is 5.75 Å². The lowest BCUT2D eigenvalue weighted by Crippen LogP contribution is -2.59. The molecule has 1 aliphatic heterocycles. The Kier molecular flexibility index (Phi) is 6.36. The molecule has 0 aromatic heterocycles. The molecule has 0 atom stereocenters. The van der Waals surface area contributed by atoms with Crippen LogP contribution in [0.2, 0.25) is 0 Å². The highest BCUT2D eigenvalue weighted by Gasteiger charge is 2.43. The number of carbonyl (C=O) groups excluding carboxylic acids is 3. The first-order valence-electron chi connectivity index (χ1n) is 9.51. The van der Waals surface area contributed by atoms with E-state index < -0.39 is 24.0 Å². The van der Waals surface area contributed by atoms with Crippen LogP contribution in [0.1, 0.15) is 19.4 Å². The molecule has 0 aliphatic carbocycles. The van der Waals surface area contributed by atoms with Crippen molar-refractivity contribution in [1.29, 1.82) is 5.26 Å². The molecular formula is C23H21N3O5. The first-order valence-corrected chi connectivity index (χ1v) is 9.51. The summed E-state index contributed by atoms with van der Waals surface area (Å²) in [5.41, 5.74) is 0.648. The van der Waals surface area contributed by atoms with E-state index in [0.29, 0.717) is 17.1 Å². The predicted molar refractivity (Wildman–Crippen MR) is 114 cm³/mol. The largest absolute Gasteiger partial charge is 0.479 e. The van der Waals surface area contributed by atoms with Crippen LogP contribution in [-0.4, -0.2) is 36.5 Å². The number of benzene rings is 2. The van der Waals surface area contributed by atoms with E-state index in [4.69, 9.17) is 14.7 Å². The van der Waals surface area contributed by atoms with Gasteiger partial charge >= 0.3 is 5.97 Å². The van der Waals surface area contributed by atoms with Crippen molar-refractivity contribution in [3.05, 3.63) is 60.2 Å². The number of nitrogens with zero attached hydrogens (tertiary/aromatic N) is 2. The maximum Gasteiger partial charge on any atom is 0.331 e. The highest BCUT2D eigenvalue weighted by Crippen LogP contribution is 2.36. The maximum absolute atomic E-state index is 12.8. The van der Waals surface area contributed by atoms with Gasteiger partial charge in [0.1, 0.15) is 17.4 Å². The van der Waals surface area contributed by atoms with Gasteiger partial charge in [-0.2, -0.15) is 5.26 Å². The molecule has 158 valence electrons. The number of anilines is 2. The van der Waals surface area contributed by atoms with Gasteiger partial charge < -0.3 is 14.8 Å². The monoisotopic (exact) mass is 419 g/mol. The van der Waals surface area contributed by atoms with Crippen molar-refractivity contribution < 1.29 is 23.9 Å². The Bertz CT molecular complexity index is 1070. The lowest BCUT2D eigenvalue weighted by Gasteiger charge is -2.41. The van der Waals surface area contributed by atoms with Gasteiger partial charge in [-0.3, -0.25) is 14.5 Å². The topological polar surface area (TPSA) is 109 Å². The van der Waals surface area contributed by atoms with Crippen LogP contribution in [0.3, 0.4) is 0 Å². The van der Waals surface area contributed by atoms with Gasteiger partial charge in [-0.1, -0.05) is 24.3 Å². The second kappa shape index (κ2) is 9.13. The molecule has 1 N–H and O–H groups in total. The number of fused-ring (bicyclic) bond motifs is 1. The summed E-state index contributed by atoms with van der Waals surface area (Å²) in [6.45, 7) is 2.70. The standard InChI is InChI=1S/C23H21N3O5/c1-23(2)22(29)25-18-5-3-4-6-19(18)26(23)20(27)15-31-21(28)12-9-16-7-10-17(11-8-16)30-14-13-24/h3-12H,14-15H2,1-2H3,(H,25,29)/b12-9+. The minimum atomic E-state index is -1.14. The van der Waals surface area contributed by atoms with E-state index in [9.17, 15) is 14.4 Å². The molecule has 2 aromatic rings. The molecule has 0 fully saturated rings. The summed E-state index contributed by atoms with van der Waals surface area (Å²) in [5, 5.41) is 11.3. The molecule has 0 saturated heterocycles. The molecule has 8 nitrogen and oxygen atoms in total. The summed E-state index contributed by atoms with van der Waals surface area (Å²) in [5.74, 6) is -0.980. The fraction of sp³-hybridized carbons (Fsp3) is 0.217. The van der Waals surface area contributed by atoms with Crippen LogP contribution in [0.15, 0.2) is 54.6 Å². The SMILES string of the molecule is CC1(C)C(=O)Nc2ccccc2N1C(=O)COC(=O)/C=C/c1ccc(OCC#N)cc1. The molecule has 2 amide bonds. The van der Waals surface area contributed by atoms with E-state index in [2.05, 4.69) is 5.32 Å². The molecule has 0 bridgehead atoms. The van der Waals surface area contributed by atoms with E-state index in [1.807, 2.05) is 6.07 Å². The number of para-hydroxylation sites is 2. The highest BCUT2D eigenvalue weighted by atomic mass is 16.5. The molecule has 0 saturated carbocycles. The Labute approximate surface area is 179 Å². The smallest absolute Gasteiger partial charge is 0.331 e. The van der Waals surface area contributed by atoms with Crippen LogP contribution in [-0.2, 0) is 19.1 Å². The van der Waals surface area contributed by atoms with E-state index in [1.165, 1.54) is 17.1 Å². The minimum Gasteiger partial charge on any atom is -0.479 e. The molecule has 31 heavy (non-hydrogen) atoms. The Morgan fingerprint density at radius 3 is 2.58 bits per heavy atom. The van der Waals surface area contributed by atoms with Crippen LogP contribution in [0, 0.1) is 11.3 Å². The zero-order valence-electron chi connectivity index (χ0n) is 17.1. The first kappa shape index (κ1) is 21.6. The minimum absolute atomic E-state index is 0.0461. The molecule has 0 spiro atoms. The van der Waals surface area contributed by atoms with Crippen molar-refractivity contribution in [3.8, 4) is 11.8 Å². The van der Waals surface area contributed by atoms with Crippen LogP contribution >= 0.6 is 0 Å².